The molecule has 0 saturated carbocycles. The number of carbonyl (C=O) groups is 1. The predicted molar refractivity (Wildman–Crippen MR) is 137 cm³/mol. The lowest BCUT2D eigenvalue weighted by atomic mass is 9.80. The van der Waals surface area contributed by atoms with Crippen LogP contribution in [0.25, 0.3) is 0 Å². The number of ether oxygens (including phenoxy) is 1. The molecule has 1 amide bonds. The molecule has 1 unspecified atom stereocenters. The molecule has 0 aliphatic heterocycles. The highest BCUT2D eigenvalue weighted by molar-refractivity contribution is 6.76. The highest BCUT2D eigenvalue weighted by Gasteiger charge is 2.39. The highest BCUT2D eigenvalue weighted by Crippen LogP contribution is 2.40. The fraction of sp³-hybridized carbons (Fsp3) is 0.222. The Morgan fingerprint density at radius 3 is 1.64 bits per heavy atom. The molecule has 0 saturated heterocycles. The van der Waals surface area contributed by atoms with E-state index < -0.39 is 15.3 Å². The van der Waals surface area contributed by atoms with Crippen molar-refractivity contribution < 1.29 is 9.53 Å². The van der Waals surface area contributed by atoms with Gasteiger partial charge in [-0.05, 0) is 29.5 Å². The van der Waals surface area contributed by atoms with Gasteiger partial charge in [-0.25, -0.2) is 0 Å². The van der Waals surface area contributed by atoms with Crippen LogP contribution in [-0.2, 0) is 15.1 Å². The number of hydrogen-bond acceptors (Lipinski definition) is 2. The van der Waals surface area contributed by atoms with Crippen LogP contribution in [0.1, 0.15) is 29.5 Å². The van der Waals surface area contributed by atoms with Crippen LogP contribution in [0.15, 0.2) is 104 Å². The Labute approximate surface area is 210 Å². The van der Waals surface area contributed by atoms with Gasteiger partial charge in [0.2, 0.25) is 0 Å². The van der Waals surface area contributed by atoms with Crippen LogP contribution in [0.4, 0.5) is 0 Å². The van der Waals surface area contributed by atoms with Gasteiger partial charge in [-0.15, -0.1) is 6.58 Å². The van der Waals surface area contributed by atoms with Gasteiger partial charge in [-0.3, -0.25) is 4.79 Å². The molecule has 0 aromatic heterocycles. The Kier molecular flexibility index (Phi) is 8.99. The van der Waals surface area contributed by atoms with Crippen LogP contribution in [0.3, 0.4) is 0 Å². The van der Waals surface area contributed by atoms with Crippen LogP contribution in [0.5, 0.6) is 0 Å². The van der Waals surface area contributed by atoms with Crippen LogP contribution in [-0.4, -0.2) is 22.3 Å². The van der Waals surface area contributed by atoms with Crippen molar-refractivity contribution in [3.8, 4) is 0 Å². The average molecular weight is 503 g/mol. The van der Waals surface area contributed by atoms with E-state index in [1.54, 1.807) is 6.08 Å². The maximum atomic E-state index is 12.4. The number of benzene rings is 3. The molecule has 0 radical (unpaired) electrons. The minimum absolute atomic E-state index is 0.193. The molecule has 3 aromatic carbocycles. The second-order valence-electron chi connectivity index (χ2n) is 7.62. The summed E-state index contributed by atoms with van der Waals surface area (Å²) in [5.74, 6) is -0.685. The minimum atomic E-state index is -2.05. The van der Waals surface area contributed by atoms with Crippen molar-refractivity contribution in [3.05, 3.63) is 120 Å². The van der Waals surface area contributed by atoms with E-state index >= 15 is 0 Å². The lowest BCUT2D eigenvalue weighted by Crippen LogP contribution is -2.46. The summed E-state index contributed by atoms with van der Waals surface area (Å²) >= 11 is 17.4. The van der Waals surface area contributed by atoms with E-state index in [1.165, 1.54) is 0 Å². The summed E-state index contributed by atoms with van der Waals surface area (Å²) in [7, 11) is 0. The molecule has 172 valence electrons. The third-order valence-corrected chi connectivity index (χ3v) is 5.87. The molecule has 33 heavy (non-hydrogen) atoms. The standard InChI is InChI=1S/C27H26Cl3NO2/c1-2-3-19-24(31-25(32)27(28,29)30)20-33-26(21-13-7-4-8-14-21,22-15-9-5-10-16-22)23-17-11-6-12-18-23/h2,4-18,24H,1,3,19-20H2,(H,31,32). The van der Waals surface area contributed by atoms with Gasteiger partial charge in [-0.1, -0.05) is 132 Å². The first kappa shape index (κ1) is 25.3. The van der Waals surface area contributed by atoms with Crippen molar-refractivity contribution in [2.45, 2.75) is 28.3 Å². The zero-order chi connectivity index (χ0) is 23.7. The second kappa shape index (κ2) is 11.7. The van der Waals surface area contributed by atoms with E-state index in [-0.39, 0.29) is 12.6 Å². The van der Waals surface area contributed by atoms with Gasteiger partial charge in [0.1, 0.15) is 5.60 Å². The number of rotatable bonds is 10. The van der Waals surface area contributed by atoms with Crippen LogP contribution >= 0.6 is 34.8 Å². The first-order valence-corrected chi connectivity index (χ1v) is 11.8. The summed E-state index contributed by atoms with van der Waals surface area (Å²) in [5.41, 5.74) is 2.01. The molecule has 0 aliphatic rings. The summed E-state index contributed by atoms with van der Waals surface area (Å²) in [5, 5.41) is 2.81. The number of nitrogens with one attached hydrogen (secondary N) is 1. The van der Waals surface area contributed by atoms with Crippen LogP contribution in [0, 0.1) is 0 Å². The van der Waals surface area contributed by atoms with Gasteiger partial charge in [0.15, 0.2) is 0 Å². The third kappa shape index (κ3) is 6.39. The van der Waals surface area contributed by atoms with Gasteiger partial charge < -0.3 is 10.1 Å². The molecule has 1 N–H and O–H groups in total. The monoisotopic (exact) mass is 501 g/mol. The lowest BCUT2D eigenvalue weighted by Gasteiger charge is -2.37. The molecule has 6 heteroatoms. The lowest BCUT2D eigenvalue weighted by molar-refractivity contribution is -0.121. The van der Waals surface area contributed by atoms with Gasteiger partial charge in [-0.2, -0.15) is 0 Å². The molecule has 1 atom stereocenters. The van der Waals surface area contributed by atoms with Gasteiger partial charge in [0.25, 0.3) is 9.70 Å². The number of hydrogen-bond donors (Lipinski definition) is 1. The molecule has 3 aromatic rings. The van der Waals surface area contributed by atoms with Gasteiger partial charge in [0, 0.05) is 0 Å². The Bertz CT molecular complexity index is 925. The fourth-order valence-electron chi connectivity index (χ4n) is 3.78. The van der Waals surface area contributed by atoms with Crippen molar-refractivity contribution in [2.24, 2.45) is 0 Å². The zero-order valence-corrected chi connectivity index (χ0v) is 20.4. The zero-order valence-electron chi connectivity index (χ0n) is 18.1. The Hall–Kier alpha value is -2.30. The normalized spacial score (nSPS) is 12.7. The van der Waals surface area contributed by atoms with Crippen LogP contribution in [0.2, 0.25) is 0 Å². The molecular formula is C27H26Cl3NO2. The first-order valence-electron chi connectivity index (χ1n) is 10.7. The number of amides is 1. The predicted octanol–water partition coefficient (Wildman–Crippen LogP) is 6.82. The number of halogens is 3. The first-order chi connectivity index (χ1) is 15.9. The minimum Gasteiger partial charge on any atom is -0.359 e. The topological polar surface area (TPSA) is 38.3 Å². The second-order valence-corrected chi connectivity index (χ2v) is 9.91. The average Bonchev–Trinajstić information content (AvgIpc) is 2.84. The van der Waals surface area contributed by atoms with E-state index in [1.807, 2.05) is 91.0 Å². The Morgan fingerprint density at radius 2 is 1.27 bits per heavy atom. The molecule has 0 bridgehead atoms. The summed E-state index contributed by atoms with van der Waals surface area (Å²) in [6.45, 7) is 3.97. The number of allylic oxidation sites excluding steroid dienone is 1. The molecular weight excluding hydrogens is 477 g/mol. The van der Waals surface area contributed by atoms with E-state index in [4.69, 9.17) is 39.5 Å². The smallest absolute Gasteiger partial charge is 0.272 e. The molecule has 3 nitrogen and oxygen atoms in total. The summed E-state index contributed by atoms with van der Waals surface area (Å²) in [4.78, 5) is 12.4. The van der Waals surface area contributed by atoms with Gasteiger partial charge in [0.05, 0.1) is 12.6 Å². The van der Waals surface area contributed by atoms with Gasteiger partial charge >= 0.3 is 0 Å². The Morgan fingerprint density at radius 1 is 0.848 bits per heavy atom. The molecule has 0 spiro atoms. The fourth-order valence-corrected chi connectivity index (χ4v) is 3.94. The summed E-state index contributed by atoms with van der Waals surface area (Å²) in [6.07, 6.45) is 3.04. The van der Waals surface area contributed by atoms with Crippen molar-refractivity contribution >= 4 is 40.7 Å². The Balaban J connectivity index is 2.05. The molecule has 0 fully saturated rings. The molecule has 0 aliphatic carbocycles. The van der Waals surface area contributed by atoms with E-state index in [0.717, 1.165) is 16.7 Å². The van der Waals surface area contributed by atoms with Crippen molar-refractivity contribution in [1.29, 1.82) is 0 Å². The maximum Gasteiger partial charge on any atom is 0.272 e. The SMILES string of the molecule is C=CCCC(COC(c1ccccc1)(c1ccccc1)c1ccccc1)NC(=O)C(Cl)(Cl)Cl. The number of alkyl halides is 3. The highest BCUT2D eigenvalue weighted by atomic mass is 35.6. The summed E-state index contributed by atoms with van der Waals surface area (Å²) in [6, 6.07) is 29.7. The largest absolute Gasteiger partial charge is 0.359 e. The van der Waals surface area contributed by atoms with Crippen molar-refractivity contribution in [1.82, 2.24) is 5.32 Å². The molecule has 3 rings (SSSR count). The quantitative estimate of drug-likeness (QED) is 0.188. The maximum absolute atomic E-state index is 12.4. The van der Waals surface area contributed by atoms with E-state index in [0.29, 0.717) is 12.8 Å². The van der Waals surface area contributed by atoms with Crippen molar-refractivity contribution in [3.63, 3.8) is 0 Å². The van der Waals surface area contributed by atoms with Crippen LogP contribution < -0.4 is 5.32 Å². The van der Waals surface area contributed by atoms with E-state index in [9.17, 15) is 4.79 Å². The van der Waals surface area contributed by atoms with Crippen molar-refractivity contribution in [2.75, 3.05) is 6.61 Å². The molecule has 0 heterocycles. The number of carbonyl (C=O) groups excluding carboxylic acids is 1. The summed E-state index contributed by atoms with van der Waals surface area (Å²) < 4.78 is 4.73. The third-order valence-electron chi connectivity index (χ3n) is 5.35. The van der Waals surface area contributed by atoms with E-state index in [2.05, 4.69) is 11.9 Å².